The number of unbranched alkanes of at least 4 members (excludes halogenated alkanes) is 4. The van der Waals surface area contributed by atoms with E-state index < -0.39 is 58.9 Å². The summed E-state index contributed by atoms with van der Waals surface area (Å²) in [4.78, 5) is 129. The van der Waals surface area contributed by atoms with Gasteiger partial charge in [-0.2, -0.15) is 4.98 Å². The van der Waals surface area contributed by atoms with Crippen molar-refractivity contribution < 1.29 is 43.4 Å². The Morgan fingerprint density at radius 3 is 2.48 bits per heavy atom. The molecule has 5 aromatic rings. The molecule has 4 amide bonds. The lowest BCUT2D eigenvalue weighted by Crippen LogP contribution is -2.56. The van der Waals surface area contributed by atoms with Crippen LogP contribution in [0.1, 0.15) is 124 Å². The van der Waals surface area contributed by atoms with Crippen LogP contribution in [0.5, 0.6) is 0 Å². The number of carboxylic acids is 1. The number of nitrogen functional groups attached to an aromatic ring is 1. The fraction of sp³-hybridized carbons (Fsp3) is 0.436. The van der Waals surface area contributed by atoms with Crippen LogP contribution >= 0.6 is 34.9 Å². The fourth-order valence-corrected chi connectivity index (χ4v) is 11.4. The number of anilines is 2. The van der Waals surface area contributed by atoms with Gasteiger partial charge in [-0.25, -0.2) is 19.7 Å². The molecule has 3 aromatic heterocycles. The first-order valence-corrected chi connectivity index (χ1v) is 29.2. The Labute approximate surface area is 474 Å². The van der Waals surface area contributed by atoms with Crippen LogP contribution in [0.2, 0.25) is 0 Å². The molecule has 2 aliphatic heterocycles. The number of carboxylic acid groups (broad SMARTS) is 1. The highest BCUT2D eigenvalue weighted by Crippen LogP contribution is 2.38. The van der Waals surface area contributed by atoms with Crippen LogP contribution < -0.4 is 37.9 Å². The second-order valence-electron chi connectivity index (χ2n) is 19.8. The van der Waals surface area contributed by atoms with Gasteiger partial charge in [0.05, 0.1) is 42.3 Å². The normalized spacial score (nSPS) is 18.1. The van der Waals surface area contributed by atoms with Crippen LogP contribution in [-0.4, -0.2) is 111 Å². The number of esters is 1. The topological polar surface area (TPSA) is 332 Å². The number of thiazole rings is 1. The number of carbonyl (C=O) groups excluding carboxylic acids is 6. The second-order valence-corrected chi connectivity index (χ2v) is 23.0. The maximum Gasteiger partial charge on any atom is 0.326 e. The largest absolute Gasteiger partial charge is 0.480 e. The van der Waals surface area contributed by atoms with E-state index in [1.165, 1.54) is 59.6 Å². The van der Waals surface area contributed by atoms with Gasteiger partial charge in [0.15, 0.2) is 16.3 Å². The van der Waals surface area contributed by atoms with Gasteiger partial charge in [-0.15, -0.1) is 23.1 Å². The van der Waals surface area contributed by atoms with Crippen LogP contribution in [0.25, 0.3) is 21.6 Å². The van der Waals surface area contributed by atoms with Gasteiger partial charge >= 0.3 is 11.9 Å². The molecule has 80 heavy (non-hydrogen) atoms. The summed E-state index contributed by atoms with van der Waals surface area (Å²) >= 11 is 4.01. The molecule has 0 aliphatic carbocycles. The molecule has 2 aliphatic rings. The molecule has 4 bridgehead atoms. The quantitative estimate of drug-likeness (QED) is 0.0205. The molecular formula is C55H66N12O10S3. The lowest BCUT2D eigenvalue weighted by molar-refractivity contribution is -0.146. The molecule has 0 fully saturated rings. The van der Waals surface area contributed by atoms with E-state index >= 15 is 0 Å². The number of nitrogens with two attached hydrogens (primary N) is 1. The van der Waals surface area contributed by atoms with Crippen LogP contribution in [0.3, 0.4) is 0 Å². The van der Waals surface area contributed by atoms with Crippen LogP contribution in [0.15, 0.2) is 76.7 Å². The lowest BCUT2D eigenvalue weighted by atomic mass is 9.99. The first-order valence-electron chi connectivity index (χ1n) is 26.4. The summed E-state index contributed by atoms with van der Waals surface area (Å²) < 4.78 is 5.51. The number of aromatic amines is 1. The summed E-state index contributed by atoms with van der Waals surface area (Å²) in [6.07, 6.45) is 10.9. The molecule has 7 rings (SSSR count). The summed E-state index contributed by atoms with van der Waals surface area (Å²) in [5.74, 6) is -3.36. The maximum absolute atomic E-state index is 14.0. The monoisotopic (exact) mass is 1150 g/mol. The molecule has 2 aromatic carbocycles. The summed E-state index contributed by atoms with van der Waals surface area (Å²) in [6.45, 7) is 7.69. The number of aromatic nitrogens is 5. The van der Waals surface area contributed by atoms with Crippen molar-refractivity contribution in [1.29, 1.82) is 0 Å². The van der Waals surface area contributed by atoms with Gasteiger partial charge in [-0.1, -0.05) is 94.6 Å². The third kappa shape index (κ3) is 17.0. The number of thioether (sulfide) groups is 2. The Bertz CT molecular complexity index is 3180. The highest BCUT2D eigenvalue weighted by Gasteiger charge is 2.42. The van der Waals surface area contributed by atoms with Crippen molar-refractivity contribution in [3.63, 3.8) is 0 Å². The predicted molar refractivity (Wildman–Crippen MR) is 309 cm³/mol. The number of fused-ring (bicyclic) bond motifs is 5. The van der Waals surface area contributed by atoms with Gasteiger partial charge in [-0.05, 0) is 67.5 Å². The molecule has 0 saturated carbocycles. The van der Waals surface area contributed by atoms with Crippen molar-refractivity contribution in [2.24, 2.45) is 10.9 Å². The number of allylic oxidation sites excluding steroid dienone is 1. The van der Waals surface area contributed by atoms with E-state index in [9.17, 15) is 43.5 Å². The van der Waals surface area contributed by atoms with E-state index in [0.29, 0.717) is 51.3 Å². The van der Waals surface area contributed by atoms with E-state index in [1.807, 2.05) is 32.1 Å². The van der Waals surface area contributed by atoms with Crippen molar-refractivity contribution >= 4 is 103 Å². The number of aliphatic carboxylic acids is 1. The number of hydrogen-bond acceptors (Lipinski definition) is 19. The minimum Gasteiger partial charge on any atom is -0.480 e. The molecule has 9 N–H and O–H groups in total. The number of aliphatic imine (C=N–C) groups is 1. The fourth-order valence-electron chi connectivity index (χ4n) is 8.42. The van der Waals surface area contributed by atoms with Gasteiger partial charge < -0.3 is 42.2 Å². The summed E-state index contributed by atoms with van der Waals surface area (Å²) in [7, 11) is 0. The van der Waals surface area contributed by atoms with Crippen LogP contribution in [0, 0.1) is 5.92 Å². The number of rotatable bonds is 23. The summed E-state index contributed by atoms with van der Waals surface area (Å²) in [6, 6.07) is 10.4. The zero-order chi connectivity index (χ0) is 57.3. The van der Waals surface area contributed by atoms with E-state index in [2.05, 4.69) is 53.4 Å². The number of carbonyl (C=O) groups is 7. The summed E-state index contributed by atoms with van der Waals surface area (Å²) in [5.41, 5.74) is 7.12. The van der Waals surface area contributed by atoms with Crippen molar-refractivity contribution in [3.8, 4) is 10.4 Å². The Morgan fingerprint density at radius 1 is 0.975 bits per heavy atom. The molecular weight excluding hydrogens is 1080 g/mol. The van der Waals surface area contributed by atoms with Gasteiger partial charge in [0, 0.05) is 35.6 Å². The number of hydrogen-bond donors (Lipinski definition) is 8. The van der Waals surface area contributed by atoms with E-state index in [0.717, 1.165) is 36.1 Å². The molecule has 5 heterocycles. The first kappa shape index (κ1) is 60.1. The van der Waals surface area contributed by atoms with Gasteiger partial charge in [0.25, 0.3) is 11.5 Å². The smallest absolute Gasteiger partial charge is 0.326 e. The maximum atomic E-state index is 14.0. The molecule has 25 heteroatoms. The van der Waals surface area contributed by atoms with Crippen molar-refractivity contribution in [2.45, 2.75) is 135 Å². The van der Waals surface area contributed by atoms with E-state index in [1.54, 1.807) is 37.3 Å². The van der Waals surface area contributed by atoms with Crippen LogP contribution in [0.4, 0.5) is 11.6 Å². The standard InChI is InChI=1S/C55H66N12O10S3/c1-5-6-7-8-9-13-42(70)78-24-11-10-12-36-25-39(68)58-28-40-63-44(51-67-55(4,30-79-51)53(76)64-43(31(2)3)49(72)61-36)46(80-40)33-16-14-32(15-17-33)29-77-41(69)23-22-38(52(74)75)62-48(71)34-18-20-35(21-19-34)57-26-37-27-59-47-45(60-37)50(73)66-54(56)65-47/h10,12,14-21,27,31,36,38,43,57H,5-9,11,13,22-26,28-30H2,1-4H3,(H,58,68)(H,61,72)(H,62,71)(H,64,76)(H,74,75)(H3,56,59,65,66,73)/b12-10+/t36?,38-,43?,55-/m0/s1. The Morgan fingerprint density at radius 2 is 1.74 bits per heavy atom. The van der Waals surface area contributed by atoms with Gasteiger partial charge in [0.1, 0.15) is 40.0 Å². The number of H-pyrrole nitrogens is 1. The molecule has 2 unspecified atom stereocenters. The lowest BCUT2D eigenvalue weighted by Gasteiger charge is -2.27. The SMILES string of the molecule is CCCCCCCC(=O)SCC/C=C/C1CC(=O)NCc2nc(c(-c3ccc(COC(=O)CC[C@H](NC(=O)c4ccc(NCc5cnc6nc(N)[nH]c(=O)c6n5)cc4)C(=O)O)cc3)s2)C2=N[C@@](C)(CS2)C(=O)NC(C(C)C)C(=O)N1. The molecule has 4 atom stereocenters. The summed E-state index contributed by atoms with van der Waals surface area (Å²) in [5, 5.41) is 25.6. The number of nitrogens with zero attached hydrogens (tertiary/aromatic N) is 5. The zero-order valence-electron chi connectivity index (χ0n) is 44.9. The highest BCUT2D eigenvalue weighted by molar-refractivity contribution is 8.14. The van der Waals surface area contributed by atoms with Gasteiger partial charge in [0.2, 0.25) is 23.7 Å². The Kier molecular flexibility index (Phi) is 21.5. The Hall–Kier alpha value is -7.51. The first-order chi connectivity index (χ1) is 38.4. The number of ether oxygens (including phenoxy) is 1. The third-order valence-corrected chi connectivity index (χ3v) is 16.3. The van der Waals surface area contributed by atoms with Gasteiger partial charge in [-0.3, -0.25) is 43.5 Å². The average molecular weight is 1150 g/mol. The van der Waals surface area contributed by atoms with E-state index in [-0.39, 0.29) is 84.3 Å². The Balaban J connectivity index is 0.939. The van der Waals surface area contributed by atoms with Crippen LogP contribution in [-0.2, 0) is 53.2 Å². The zero-order valence-corrected chi connectivity index (χ0v) is 47.4. The molecule has 22 nitrogen and oxygen atoms in total. The number of nitrogens with one attached hydrogen (secondary N) is 6. The number of benzene rings is 2. The highest BCUT2D eigenvalue weighted by atomic mass is 32.2. The molecule has 0 radical (unpaired) electrons. The van der Waals surface area contributed by atoms with Crippen molar-refractivity contribution in [3.05, 3.63) is 105 Å². The minimum atomic E-state index is -1.39. The average Bonchev–Trinajstić information content (AvgIpc) is 4.17. The molecule has 0 spiro atoms. The van der Waals surface area contributed by atoms with E-state index in [4.69, 9.17) is 20.4 Å². The van der Waals surface area contributed by atoms with Crippen molar-refractivity contribution in [1.82, 2.24) is 46.2 Å². The minimum absolute atomic E-state index is 0.0335. The predicted octanol–water partition coefficient (Wildman–Crippen LogP) is 6.20. The third-order valence-electron chi connectivity index (χ3n) is 13.0. The van der Waals surface area contributed by atoms with Crippen molar-refractivity contribution in [2.75, 3.05) is 22.6 Å². The molecule has 0 saturated heterocycles. The number of amides is 4. The second kappa shape index (κ2) is 28.6. The molecule has 424 valence electrons.